The van der Waals surface area contributed by atoms with Gasteiger partial charge in [0.05, 0.1) is 18.9 Å². The number of nitrogens with zero attached hydrogens (tertiary/aromatic N) is 1. The van der Waals surface area contributed by atoms with Crippen molar-refractivity contribution in [2.45, 2.75) is 52.2 Å². The summed E-state index contributed by atoms with van der Waals surface area (Å²) in [5.74, 6) is 1.57. The van der Waals surface area contributed by atoms with Crippen LogP contribution in [-0.4, -0.2) is 46.4 Å². The molecule has 0 amide bonds. The highest BCUT2D eigenvalue weighted by atomic mass is 32.2. The molecule has 0 spiro atoms. The molecule has 8 heteroatoms. The van der Waals surface area contributed by atoms with Gasteiger partial charge in [-0.15, -0.1) is 0 Å². The molecule has 3 N–H and O–H groups in total. The van der Waals surface area contributed by atoms with Crippen LogP contribution in [0, 0.1) is 6.92 Å². The van der Waals surface area contributed by atoms with E-state index in [1.807, 2.05) is 6.92 Å². The van der Waals surface area contributed by atoms with E-state index < -0.39 is 10.0 Å². The van der Waals surface area contributed by atoms with Crippen molar-refractivity contribution in [2.24, 2.45) is 4.99 Å². The Morgan fingerprint density at radius 3 is 2.63 bits per heavy atom. The normalized spacial score (nSPS) is 15.7. The topological polar surface area (TPSA) is 91.8 Å². The maximum absolute atomic E-state index is 11.1. The molecule has 1 saturated carbocycles. The summed E-state index contributed by atoms with van der Waals surface area (Å²) in [5, 5.41) is 6.31. The summed E-state index contributed by atoms with van der Waals surface area (Å²) in [7, 11) is -3.18. The third kappa shape index (κ3) is 8.17. The summed E-state index contributed by atoms with van der Waals surface area (Å²) in [6.45, 7) is 6.05. The lowest BCUT2D eigenvalue weighted by Gasteiger charge is -2.17. The Labute approximate surface area is 163 Å². The smallest absolute Gasteiger partial charge is 0.208 e. The fraction of sp³-hybridized carbons (Fsp3) is 0.632. The molecule has 1 aromatic rings. The molecule has 0 aliphatic heterocycles. The van der Waals surface area contributed by atoms with E-state index in [0.29, 0.717) is 31.7 Å². The van der Waals surface area contributed by atoms with E-state index in [2.05, 4.69) is 45.5 Å². The second-order valence-corrected chi connectivity index (χ2v) is 8.76. The number of aryl methyl sites for hydroxylation is 1. The average Bonchev–Trinajstić information content (AvgIpc) is 3.10. The monoisotopic (exact) mass is 396 g/mol. The number of ether oxygens (including phenoxy) is 1. The van der Waals surface area contributed by atoms with Crippen LogP contribution in [0.25, 0.3) is 0 Å². The van der Waals surface area contributed by atoms with Gasteiger partial charge in [-0.2, -0.15) is 0 Å². The van der Waals surface area contributed by atoms with E-state index in [-0.39, 0.29) is 0 Å². The first-order valence-corrected chi connectivity index (χ1v) is 11.5. The van der Waals surface area contributed by atoms with Crippen LogP contribution in [0.1, 0.15) is 43.7 Å². The molecular weight excluding hydrogens is 364 g/mol. The van der Waals surface area contributed by atoms with Crippen molar-refractivity contribution in [3.05, 3.63) is 29.3 Å². The van der Waals surface area contributed by atoms with E-state index in [0.717, 1.165) is 37.0 Å². The molecule has 152 valence electrons. The second-order valence-electron chi connectivity index (χ2n) is 6.92. The first kappa shape index (κ1) is 21.5. The van der Waals surface area contributed by atoms with Gasteiger partial charge in [-0.3, -0.25) is 0 Å². The van der Waals surface area contributed by atoms with Gasteiger partial charge in [-0.25, -0.2) is 18.1 Å². The van der Waals surface area contributed by atoms with Gasteiger partial charge in [0.2, 0.25) is 10.0 Å². The molecular formula is C19H32N4O3S. The van der Waals surface area contributed by atoms with Gasteiger partial charge in [0.25, 0.3) is 0 Å². The lowest BCUT2D eigenvalue weighted by molar-refractivity contribution is 0.208. The maximum Gasteiger partial charge on any atom is 0.208 e. The lowest BCUT2D eigenvalue weighted by Crippen LogP contribution is -2.41. The average molecular weight is 397 g/mol. The number of sulfonamides is 1. The van der Waals surface area contributed by atoms with Gasteiger partial charge in [0.15, 0.2) is 5.96 Å². The molecule has 0 unspecified atom stereocenters. The minimum Gasteiger partial charge on any atom is -0.490 e. The minimum atomic E-state index is -3.18. The van der Waals surface area contributed by atoms with Gasteiger partial charge in [-0.05, 0) is 51.2 Å². The Morgan fingerprint density at radius 2 is 1.96 bits per heavy atom. The van der Waals surface area contributed by atoms with Crippen LogP contribution in [0.15, 0.2) is 23.2 Å². The Kier molecular flexibility index (Phi) is 8.37. The van der Waals surface area contributed by atoms with Crippen LogP contribution < -0.4 is 20.1 Å². The van der Waals surface area contributed by atoms with Crippen LogP contribution in [0.2, 0.25) is 0 Å². The molecule has 0 bridgehead atoms. The van der Waals surface area contributed by atoms with Crippen molar-refractivity contribution in [1.29, 1.82) is 0 Å². The van der Waals surface area contributed by atoms with Gasteiger partial charge < -0.3 is 15.4 Å². The molecule has 2 rings (SSSR count). The van der Waals surface area contributed by atoms with E-state index >= 15 is 0 Å². The Balaban J connectivity index is 1.99. The number of hydrogen-bond donors (Lipinski definition) is 3. The van der Waals surface area contributed by atoms with E-state index in [9.17, 15) is 8.42 Å². The third-order valence-corrected chi connectivity index (χ3v) is 5.08. The van der Waals surface area contributed by atoms with Crippen molar-refractivity contribution < 1.29 is 13.2 Å². The van der Waals surface area contributed by atoms with E-state index in [1.165, 1.54) is 18.4 Å². The van der Waals surface area contributed by atoms with Gasteiger partial charge in [-0.1, -0.05) is 12.1 Å². The van der Waals surface area contributed by atoms with Crippen molar-refractivity contribution in [2.75, 3.05) is 25.9 Å². The molecule has 0 saturated heterocycles. The summed E-state index contributed by atoms with van der Waals surface area (Å²) < 4.78 is 30.9. The van der Waals surface area contributed by atoms with Gasteiger partial charge >= 0.3 is 0 Å². The summed E-state index contributed by atoms with van der Waals surface area (Å²) in [4.78, 5) is 4.62. The zero-order valence-corrected chi connectivity index (χ0v) is 17.4. The highest BCUT2D eigenvalue weighted by molar-refractivity contribution is 7.88. The van der Waals surface area contributed by atoms with Crippen molar-refractivity contribution in [3.63, 3.8) is 0 Å². The van der Waals surface area contributed by atoms with Crippen LogP contribution in [0.4, 0.5) is 0 Å². The predicted molar refractivity (Wildman–Crippen MR) is 110 cm³/mol. The molecule has 7 nitrogen and oxygen atoms in total. The quantitative estimate of drug-likeness (QED) is 0.337. The van der Waals surface area contributed by atoms with Crippen molar-refractivity contribution in [3.8, 4) is 5.75 Å². The highest BCUT2D eigenvalue weighted by Gasteiger charge is 2.18. The zero-order valence-electron chi connectivity index (χ0n) is 16.5. The molecule has 1 aliphatic rings. The van der Waals surface area contributed by atoms with Crippen molar-refractivity contribution in [1.82, 2.24) is 15.4 Å². The molecule has 0 atom stereocenters. The van der Waals surface area contributed by atoms with Crippen LogP contribution >= 0.6 is 0 Å². The number of benzene rings is 1. The number of nitrogens with one attached hydrogen (secondary N) is 3. The third-order valence-electron chi connectivity index (χ3n) is 4.35. The van der Waals surface area contributed by atoms with Gasteiger partial charge in [0.1, 0.15) is 5.75 Å². The molecule has 1 aromatic carbocycles. The molecule has 27 heavy (non-hydrogen) atoms. The second kappa shape index (κ2) is 10.5. The van der Waals surface area contributed by atoms with Crippen LogP contribution in [0.5, 0.6) is 5.75 Å². The highest BCUT2D eigenvalue weighted by Crippen LogP contribution is 2.28. The number of guanidine groups is 1. The van der Waals surface area contributed by atoms with Crippen molar-refractivity contribution >= 4 is 16.0 Å². The minimum absolute atomic E-state index is 0.308. The number of hydrogen-bond acceptors (Lipinski definition) is 4. The van der Waals surface area contributed by atoms with Crippen LogP contribution in [-0.2, 0) is 16.6 Å². The Morgan fingerprint density at radius 1 is 1.22 bits per heavy atom. The Bertz CT molecular complexity index is 728. The zero-order chi connectivity index (χ0) is 19.7. The number of aliphatic imine (C=N–C) groups is 1. The molecule has 0 radical (unpaired) electrons. The Hall–Kier alpha value is -1.80. The summed E-state index contributed by atoms with van der Waals surface area (Å²) in [6, 6.07) is 6.22. The first-order chi connectivity index (χ1) is 12.9. The lowest BCUT2D eigenvalue weighted by atomic mass is 10.1. The fourth-order valence-electron chi connectivity index (χ4n) is 3.01. The SMILES string of the molecule is CCNC(=NCc1ccc(C)cc1OC1CCCC1)NCCNS(C)(=O)=O. The van der Waals surface area contributed by atoms with Gasteiger partial charge in [0, 0.05) is 25.2 Å². The summed E-state index contributed by atoms with van der Waals surface area (Å²) in [6.07, 6.45) is 6.17. The van der Waals surface area contributed by atoms with E-state index in [1.54, 1.807) is 0 Å². The predicted octanol–water partition coefficient (Wildman–Crippen LogP) is 1.92. The fourth-order valence-corrected chi connectivity index (χ4v) is 3.48. The molecule has 0 aromatic heterocycles. The molecule has 1 fully saturated rings. The van der Waals surface area contributed by atoms with E-state index in [4.69, 9.17) is 4.74 Å². The maximum atomic E-state index is 11.1. The number of rotatable bonds is 9. The van der Waals surface area contributed by atoms with Crippen LogP contribution in [0.3, 0.4) is 0 Å². The summed E-state index contributed by atoms with van der Waals surface area (Å²) >= 11 is 0. The first-order valence-electron chi connectivity index (χ1n) is 9.60. The molecule has 0 heterocycles. The molecule has 1 aliphatic carbocycles. The standard InChI is InChI=1S/C19H32N4O3S/c1-4-20-19(21-11-12-23-27(3,24)25)22-14-16-10-9-15(2)13-18(16)26-17-7-5-6-8-17/h9-10,13,17,23H,4-8,11-12,14H2,1-3H3,(H2,20,21,22). The summed E-state index contributed by atoms with van der Waals surface area (Å²) in [5.41, 5.74) is 2.23. The largest absolute Gasteiger partial charge is 0.490 e.